The number of nitrogens with zero attached hydrogens (tertiary/aromatic N) is 1. The van der Waals surface area contributed by atoms with Crippen LogP contribution in [0.1, 0.15) is 22.3 Å². The van der Waals surface area contributed by atoms with E-state index in [0.29, 0.717) is 25.7 Å². The summed E-state index contributed by atoms with van der Waals surface area (Å²) >= 11 is 0. The highest BCUT2D eigenvalue weighted by molar-refractivity contribution is 14.0. The number of nitrogens with two attached hydrogens (primary N) is 1. The van der Waals surface area contributed by atoms with Crippen molar-refractivity contribution in [3.8, 4) is 0 Å². The van der Waals surface area contributed by atoms with Crippen LogP contribution in [0.2, 0.25) is 0 Å². The van der Waals surface area contributed by atoms with Gasteiger partial charge >= 0.3 is 0 Å². The van der Waals surface area contributed by atoms with Crippen molar-refractivity contribution < 1.29 is 4.74 Å². The molecular formula is C23H26IN3O. The monoisotopic (exact) mass is 487 g/mol. The van der Waals surface area contributed by atoms with Crippen LogP contribution in [-0.2, 0) is 24.5 Å². The minimum Gasteiger partial charge on any atom is -0.372 e. The first-order valence-corrected chi connectivity index (χ1v) is 9.02. The summed E-state index contributed by atoms with van der Waals surface area (Å²) in [5.41, 5.74) is 11.5. The Balaban J connectivity index is 0.00000280. The Bertz CT molecular complexity index is 880. The molecule has 0 saturated heterocycles. The van der Waals surface area contributed by atoms with Crippen molar-refractivity contribution in [3.05, 3.63) is 101 Å². The quantitative estimate of drug-likeness (QED) is 0.272. The highest BCUT2D eigenvalue weighted by Crippen LogP contribution is 2.11. The van der Waals surface area contributed by atoms with E-state index in [9.17, 15) is 0 Å². The van der Waals surface area contributed by atoms with E-state index in [2.05, 4.69) is 41.5 Å². The summed E-state index contributed by atoms with van der Waals surface area (Å²) in [6.07, 6.45) is 0. The average Bonchev–Trinajstić information content (AvgIpc) is 2.69. The molecule has 146 valence electrons. The first-order valence-electron chi connectivity index (χ1n) is 9.02. The number of hydrogen-bond donors (Lipinski definition) is 2. The van der Waals surface area contributed by atoms with E-state index >= 15 is 0 Å². The highest BCUT2D eigenvalue weighted by atomic mass is 127. The molecule has 0 aliphatic carbocycles. The van der Waals surface area contributed by atoms with E-state index < -0.39 is 0 Å². The fourth-order valence-corrected chi connectivity index (χ4v) is 2.68. The lowest BCUT2D eigenvalue weighted by Crippen LogP contribution is -2.22. The molecule has 0 aliphatic rings. The van der Waals surface area contributed by atoms with Crippen LogP contribution in [0.15, 0.2) is 83.9 Å². The van der Waals surface area contributed by atoms with Crippen molar-refractivity contribution in [2.24, 2.45) is 10.7 Å². The predicted molar refractivity (Wildman–Crippen MR) is 127 cm³/mol. The maximum absolute atomic E-state index is 5.99. The normalized spacial score (nSPS) is 11.0. The molecule has 0 saturated carbocycles. The van der Waals surface area contributed by atoms with Crippen molar-refractivity contribution in [1.82, 2.24) is 0 Å². The van der Waals surface area contributed by atoms with Gasteiger partial charge in [-0.25, -0.2) is 4.99 Å². The van der Waals surface area contributed by atoms with Gasteiger partial charge in [0.05, 0.1) is 19.8 Å². The molecule has 0 spiro atoms. The van der Waals surface area contributed by atoms with Crippen molar-refractivity contribution in [2.75, 3.05) is 5.32 Å². The molecule has 0 aromatic heterocycles. The minimum absolute atomic E-state index is 0. The Hall–Kier alpha value is -2.38. The van der Waals surface area contributed by atoms with Gasteiger partial charge in [0.2, 0.25) is 0 Å². The Kier molecular flexibility index (Phi) is 8.97. The number of guanidine groups is 1. The van der Waals surface area contributed by atoms with E-state index in [4.69, 9.17) is 10.5 Å². The number of hydrogen-bond acceptors (Lipinski definition) is 2. The van der Waals surface area contributed by atoms with E-state index in [-0.39, 0.29) is 24.0 Å². The first-order chi connectivity index (χ1) is 13.2. The SMILES string of the molecule is Cc1ccc(NC(N)=NCc2cccc(COCc3ccccc3)c2)cc1.I. The van der Waals surface area contributed by atoms with Crippen LogP contribution in [0.4, 0.5) is 5.69 Å². The summed E-state index contributed by atoms with van der Waals surface area (Å²) in [5.74, 6) is 0.407. The zero-order valence-corrected chi connectivity index (χ0v) is 18.3. The summed E-state index contributed by atoms with van der Waals surface area (Å²) in [4.78, 5) is 4.42. The lowest BCUT2D eigenvalue weighted by Gasteiger charge is -2.08. The zero-order chi connectivity index (χ0) is 18.9. The Morgan fingerprint density at radius 2 is 1.50 bits per heavy atom. The van der Waals surface area contributed by atoms with E-state index in [1.165, 1.54) is 11.1 Å². The van der Waals surface area contributed by atoms with Gasteiger partial charge in [-0.2, -0.15) is 0 Å². The lowest BCUT2D eigenvalue weighted by atomic mass is 10.1. The second-order valence-corrected chi connectivity index (χ2v) is 6.49. The lowest BCUT2D eigenvalue weighted by molar-refractivity contribution is 0.107. The van der Waals surface area contributed by atoms with E-state index in [1.54, 1.807) is 0 Å². The highest BCUT2D eigenvalue weighted by Gasteiger charge is 1.99. The van der Waals surface area contributed by atoms with Gasteiger partial charge in [0.25, 0.3) is 0 Å². The second kappa shape index (κ2) is 11.5. The van der Waals surface area contributed by atoms with Crippen molar-refractivity contribution in [1.29, 1.82) is 0 Å². The minimum atomic E-state index is 0. The van der Waals surface area contributed by atoms with Gasteiger partial charge in [0.1, 0.15) is 0 Å². The number of benzene rings is 3. The summed E-state index contributed by atoms with van der Waals surface area (Å²) in [6, 6.07) is 26.5. The maximum Gasteiger partial charge on any atom is 0.193 e. The molecule has 0 radical (unpaired) electrons. The van der Waals surface area contributed by atoms with Crippen molar-refractivity contribution in [2.45, 2.75) is 26.7 Å². The number of aryl methyl sites for hydroxylation is 1. The maximum atomic E-state index is 5.99. The molecule has 5 heteroatoms. The topological polar surface area (TPSA) is 59.6 Å². The number of ether oxygens (including phenoxy) is 1. The van der Waals surface area contributed by atoms with Crippen LogP contribution >= 0.6 is 24.0 Å². The molecule has 0 aliphatic heterocycles. The molecule has 28 heavy (non-hydrogen) atoms. The molecule has 0 heterocycles. The summed E-state index contributed by atoms with van der Waals surface area (Å²) in [7, 11) is 0. The Morgan fingerprint density at radius 3 is 2.25 bits per heavy atom. The van der Waals surface area contributed by atoms with Gasteiger partial charge in [-0.05, 0) is 35.7 Å². The fraction of sp³-hybridized carbons (Fsp3) is 0.174. The fourth-order valence-electron chi connectivity index (χ4n) is 2.68. The second-order valence-electron chi connectivity index (χ2n) is 6.49. The predicted octanol–water partition coefficient (Wildman–Crippen LogP) is 5.26. The Labute approximate surface area is 183 Å². The molecule has 3 aromatic rings. The number of aliphatic imine (C=N–C) groups is 1. The van der Waals surface area contributed by atoms with Crippen LogP contribution in [0.3, 0.4) is 0 Å². The Morgan fingerprint density at radius 1 is 0.857 bits per heavy atom. The summed E-state index contributed by atoms with van der Waals surface area (Å²) < 4.78 is 5.80. The molecule has 3 aromatic carbocycles. The third-order valence-electron chi connectivity index (χ3n) is 4.13. The zero-order valence-electron chi connectivity index (χ0n) is 16.0. The smallest absolute Gasteiger partial charge is 0.193 e. The largest absolute Gasteiger partial charge is 0.372 e. The molecule has 0 bridgehead atoms. The molecule has 4 nitrogen and oxygen atoms in total. The van der Waals surface area contributed by atoms with Gasteiger partial charge in [-0.15, -0.1) is 24.0 Å². The van der Waals surface area contributed by atoms with Gasteiger partial charge in [0, 0.05) is 5.69 Å². The van der Waals surface area contributed by atoms with Gasteiger partial charge in [-0.1, -0.05) is 72.3 Å². The third kappa shape index (κ3) is 7.32. The van der Waals surface area contributed by atoms with E-state index in [1.807, 2.05) is 54.6 Å². The van der Waals surface area contributed by atoms with E-state index in [0.717, 1.165) is 16.8 Å². The standard InChI is InChI=1S/C23H25N3O.HI/c1-18-10-12-22(13-11-18)26-23(24)25-15-20-8-5-9-21(14-20)17-27-16-19-6-3-2-4-7-19;/h2-14H,15-17H2,1H3,(H3,24,25,26);1H. The molecule has 0 unspecified atom stereocenters. The number of halogens is 1. The number of rotatable bonds is 7. The van der Waals surface area contributed by atoms with Crippen molar-refractivity contribution in [3.63, 3.8) is 0 Å². The van der Waals surface area contributed by atoms with Crippen LogP contribution in [-0.4, -0.2) is 5.96 Å². The molecule has 3 N–H and O–H groups in total. The molecular weight excluding hydrogens is 461 g/mol. The number of anilines is 1. The van der Waals surface area contributed by atoms with Gasteiger partial charge in [0.15, 0.2) is 5.96 Å². The average molecular weight is 487 g/mol. The number of nitrogens with one attached hydrogen (secondary N) is 1. The molecule has 0 atom stereocenters. The van der Waals surface area contributed by atoms with Crippen LogP contribution < -0.4 is 11.1 Å². The van der Waals surface area contributed by atoms with Gasteiger partial charge in [-0.3, -0.25) is 0 Å². The molecule has 0 amide bonds. The molecule has 0 fully saturated rings. The first kappa shape index (κ1) is 21.9. The van der Waals surface area contributed by atoms with Gasteiger partial charge < -0.3 is 15.8 Å². The summed E-state index contributed by atoms with van der Waals surface area (Å²) in [5, 5.41) is 3.11. The van der Waals surface area contributed by atoms with Crippen LogP contribution in [0.5, 0.6) is 0 Å². The van der Waals surface area contributed by atoms with Crippen LogP contribution in [0.25, 0.3) is 0 Å². The van der Waals surface area contributed by atoms with Crippen molar-refractivity contribution >= 4 is 35.6 Å². The third-order valence-corrected chi connectivity index (χ3v) is 4.13. The van der Waals surface area contributed by atoms with Crippen LogP contribution in [0, 0.1) is 6.92 Å². The molecule has 3 rings (SSSR count). The summed E-state index contributed by atoms with van der Waals surface area (Å²) in [6.45, 7) is 3.76.